The maximum absolute atomic E-state index is 6.44. The lowest BCUT2D eigenvalue weighted by Gasteiger charge is -2.28. The Morgan fingerprint density at radius 1 is 0.386 bits per heavy atom. The number of rotatable bonds is 7. The van der Waals surface area contributed by atoms with Crippen LogP contribution in [0.5, 0.6) is 0 Å². The zero-order valence-electron chi connectivity index (χ0n) is 30.8. The Balaban J connectivity index is 0.973. The molecule has 2 aromatic heterocycles. The molecule has 57 heavy (non-hydrogen) atoms. The number of anilines is 3. The lowest BCUT2D eigenvalue weighted by molar-refractivity contribution is 0.622. The number of benzene rings is 9. The van der Waals surface area contributed by atoms with Gasteiger partial charge < -0.3 is 13.7 Å². The van der Waals surface area contributed by atoms with Crippen LogP contribution in [0.25, 0.3) is 88.6 Å². The molecule has 0 saturated heterocycles. The Morgan fingerprint density at radius 2 is 0.982 bits per heavy atom. The van der Waals surface area contributed by atoms with Crippen molar-refractivity contribution in [2.45, 2.75) is 0 Å². The van der Waals surface area contributed by atoms with Gasteiger partial charge in [-0.25, -0.2) is 4.98 Å². The van der Waals surface area contributed by atoms with Crippen LogP contribution in [-0.4, -0.2) is 4.98 Å². The molecule has 0 atom stereocenters. The Morgan fingerprint density at radius 3 is 1.72 bits per heavy atom. The van der Waals surface area contributed by atoms with Crippen molar-refractivity contribution in [1.82, 2.24) is 4.98 Å². The van der Waals surface area contributed by atoms with Crippen LogP contribution in [0.4, 0.5) is 17.1 Å². The fraction of sp³-hybridized carbons (Fsp3) is 0. The van der Waals surface area contributed by atoms with Crippen LogP contribution in [0.3, 0.4) is 0 Å². The Labute approximate surface area is 329 Å². The van der Waals surface area contributed by atoms with E-state index in [0.29, 0.717) is 5.89 Å². The molecule has 0 bridgehead atoms. The van der Waals surface area contributed by atoms with Crippen molar-refractivity contribution in [3.8, 4) is 44.8 Å². The third-order valence-electron chi connectivity index (χ3n) is 10.9. The highest BCUT2D eigenvalue weighted by molar-refractivity contribution is 6.16. The molecule has 0 saturated carbocycles. The number of hydrogen-bond acceptors (Lipinski definition) is 4. The second kappa shape index (κ2) is 13.6. The zero-order valence-corrected chi connectivity index (χ0v) is 30.8. The molecule has 9 aromatic carbocycles. The van der Waals surface area contributed by atoms with Crippen molar-refractivity contribution in [3.63, 3.8) is 0 Å². The van der Waals surface area contributed by atoms with E-state index in [2.05, 4.69) is 169 Å². The van der Waals surface area contributed by atoms with E-state index in [4.69, 9.17) is 13.8 Å². The van der Waals surface area contributed by atoms with Crippen molar-refractivity contribution in [2.24, 2.45) is 0 Å². The van der Waals surface area contributed by atoms with E-state index in [1.807, 2.05) is 42.5 Å². The summed E-state index contributed by atoms with van der Waals surface area (Å²) in [5.74, 6) is 0.602. The van der Waals surface area contributed by atoms with Crippen molar-refractivity contribution in [2.75, 3.05) is 4.90 Å². The van der Waals surface area contributed by atoms with E-state index in [9.17, 15) is 0 Å². The molecule has 0 fully saturated rings. The van der Waals surface area contributed by atoms with Crippen LogP contribution in [0, 0.1) is 0 Å². The largest absolute Gasteiger partial charge is 0.456 e. The fourth-order valence-corrected chi connectivity index (χ4v) is 8.06. The Bertz CT molecular complexity index is 3220. The van der Waals surface area contributed by atoms with Gasteiger partial charge in [0.05, 0.1) is 11.1 Å². The first-order valence-corrected chi connectivity index (χ1v) is 19.2. The van der Waals surface area contributed by atoms with Crippen LogP contribution in [0.1, 0.15) is 0 Å². The molecule has 268 valence electrons. The van der Waals surface area contributed by atoms with E-state index in [1.165, 1.54) is 27.5 Å². The van der Waals surface area contributed by atoms with Crippen LogP contribution < -0.4 is 4.90 Å². The molecule has 0 radical (unpaired) electrons. The second-order valence-corrected chi connectivity index (χ2v) is 14.4. The molecule has 0 aliphatic rings. The van der Waals surface area contributed by atoms with E-state index >= 15 is 0 Å². The quantitative estimate of drug-likeness (QED) is 0.164. The lowest BCUT2D eigenvalue weighted by Crippen LogP contribution is -2.11. The van der Waals surface area contributed by atoms with Gasteiger partial charge in [0.1, 0.15) is 16.7 Å². The maximum Gasteiger partial charge on any atom is 0.227 e. The molecule has 4 nitrogen and oxygen atoms in total. The molecule has 11 aromatic rings. The molecule has 2 heterocycles. The van der Waals surface area contributed by atoms with Crippen molar-refractivity contribution in [1.29, 1.82) is 0 Å². The van der Waals surface area contributed by atoms with Crippen LogP contribution in [-0.2, 0) is 0 Å². The van der Waals surface area contributed by atoms with Crippen molar-refractivity contribution in [3.05, 3.63) is 206 Å². The summed E-state index contributed by atoms with van der Waals surface area (Å²) in [6.45, 7) is 0. The van der Waals surface area contributed by atoms with Gasteiger partial charge in [0.2, 0.25) is 5.89 Å². The molecule has 0 unspecified atom stereocenters. The van der Waals surface area contributed by atoms with Gasteiger partial charge in [-0.1, -0.05) is 133 Å². The summed E-state index contributed by atoms with van der Waals surface area (Å²) in [7, 11) is 0. The van der Waals surface area contributed by atoms with Gasteiger partial charge in [-0.05, 0) is 111 Å². The van der Waals surface area contributed by atoms with Crippen LogP contribution in [0.2, 0.25) is 0 Å². The topological polar surface area (TPSA) is 42.4 Å². The van der Waals surface area contributed by atoms with Crippen molar-refractivity contribution < 1.29 is 8.83 Å². The molecule has 0 aliphatic heterocycles. The van der Waals surface area contributed by atoms with Gasteiger partial charge in [-0.3, -0.25) is 0 Å². The minimum atomic E-state index is 0.602. The van der Waals surface area contributed by atoms with E-state index < -0.39 is 0 Å². The molecule has 0 amide bonds. The van der Waals surface area contributed by atoms with E-state index in [0.717, 1.165) is 72.4 Å². The van der Waals surface area contributed by atoms with Gasteiger partial charge in [-0.2, -0.15) is 0 Å². The molecule has 0 N–H and O–H groups in total. The summed E-state index contributed by atoms with van der Waals surface area (Å²) in [6.07, 6.45) is 0. The average molecular weight is 731 g/mol. The second-order valence-electron chi connectivity index (χ2n) is 14.4. The molecular weight excluding hydrogens is 697 g/mol. The normalized spacial score (nSPS) is 11.5. The van der Waals surface area contributed by atoms with Crippen LogP contribution >= 0.6 is 0 Å². The first kappa shape index (κ1) is 32.7. The number of fused-ring (bicyclic) bond motifs is 6. The SMILES string of the molecule is c1ccc(-c2nc3ccc4oc5cc(-c6ccc(N(c7ccc(-c8ccc9ccccc9c8)cc7)c7ccccc7-c7ccccc7)cc6)ccc5c4c3o2)cc1. The summed E-state index contributed by atoms with van der Waals surface area (Å²) in [5.41, 5.74) is 14.2. The lowest BCUT2D eigenvalue weighted by atomic mass is 9.99. The number of para-hydroxylation sites is 1. The highest BCUT2D eigenvalue weighted by Crippen LogP contribution is 2.43. The average Bonchev–Trinajstić information content (AvgIpc) is 3.89. The highest BCUT2D eigenvalue weighted by atomic mass is 16.4. The summed E-state index contributed by atoms with van der Waals surface area (Å²) in [5, 5.41) is 4.43. The number of hydrogen-bond donors (Lipinski definition) is 0. The molecular formula is C53H34N2O2. The van der Waals surface area contributed by atoms with Gasteiger partial charge >= 0.3 is 0 Å². The third-order valence-corrected chi connectivity index (χ3v) is 10.9. The van der Waals surface area contributed by atoms with Crippen molar-refractivity contribution >= 4 is 60.9 Å². The number of aromatic nitrogens is 1. The number of nitrogens with zero attached hydrogens (tertiary/aromatic N) is 2. The van der Waals surface area contributed by atoms with Crippen LogP contribution in [0.15, 0.2) is 215 Å². The maximum atomic E-state index is 6.44. The molecule has 0 spiro atoms. The van der Waals surface area contributed by atoms with Gasteiger partial charge in [-0.15, -0.1) is 0 Å². The standard InChI is InChI=1S/C53H34N2O2/c1-3-12-38(13-4-1)45-17-9-10-18-48(45)55(43-26-21-36(22-27-43)41-20-19-35-11-7-8-16-40(35)33-41)44-28-23-37(24-29-44)42-25-30-46-50(34-42)56-49-32-31-47-52(51(46)49)57-53(54-47)39-14-5-2-6-15-39/h1-34H. The molecule has 4 heteroatoms. The highest BCUT2D eigenvalue weighted by Gasteiger charge is 2.19. The summed E-state index contributed by atoms with van der Waals surface area (Å²) in [6, 6.07) is 72.5. The van der Waals surface area contributed by atoms with E-state index in [-0.39, 0.29) is 0 Å². The Kier molecular flexibility index (Phi) is 7.78. The fourth-order valence-electron chi connectivity index (χ4n) is 8.06. The number of oxazole rings is 1. The van der Waals surface area contributed by atoms with E-state index in [1.54, 1.807) is 0 Å². The summed E-state index contributed by atoms with van der Waals surface area (Å²) >= 11 is 0. The minimum absolute atomic E-state index is 0.602. The monoisotopic (exact) mass is 730 g/mol. The van der Waals surface area contributed by atoms with Gasteiger partial charge in [0.25, 0.3) is 0 Å². The first-order valence-electron chi connectivity index (χ1n) is 19.2. The smallest absolute Gasteiger partial charge is 0.227 e. The first-order chi connectivity index (χ1) is 28.2. The summed E-state index contributed by atoms with van der Waals surface area (Å²) in [4.78, 5) is 7.14. The van der Waals surface area contributed by atoms with Gasteiger partial charge in [0, 0.05) is 27.9 Å². The molecule has 11 rings (SSSR count). The number of furan rings is 1. The predicted molar refractivity (Wildman–Crippen MR) is 235 cm³/mol. The summed E-state index contributed by atoms with van der Waals surface area (Å²) < 4.78 is 12.8. The Hall–Kier alpha value is -7.69. The minimum Gasteiger partial charge on any atom is -0.456 e. The van der Waals surface area contributed by atoms with Gasteiger partial charge in [0.15, 0.2) is 5.58 Å². The third kappa shape index (κ3) is 5.83. The zero-order chi connectivity index (χ0) is 37.7. The molecule has 0 aliphatic carbocycles. The predicted octanol–water partition coefficient (Wildman–Crippen LogP) is 15.0.